The molecular weight excluding hydrogens is 198 g/mol. The summed E-state index contributed by atoms with van der Waals surface area (Å²) >= 11 is 0. The van der Waals surface area contributed by atoms with Crippen molar-refractivity contribution in [3.8, 4) is 0 Å². The second-order valence-corrected chi connectivity index (χ2v) is 2.39. The average Bonchev–Trinajstić information content (AvgIpc) is 2.19. The van der Waals surface area contributed by atoms with Gasteiger partial charge in [0.15, 0.2) is 0 Å². The third-order valence-corrected chi connectivity index (χ3v) is 1.18. The first-order valence-electron chi connectivity index (χ1n) is 4.24. The minimum atomic E-state index is -1.02. The molecular formula is C10H13NO4. The molecule has 15 heavy (non-hydrogen) atoms. The van der Waals surface area contributed by atoms with Gasteiger partial charge in [0.05, 0.1) is 0 Å². The van der Waals surface area contributed by atoms with Crippen molar-refractivity contribution >= 4 is 12.1 Å². The number of carbonyl (C=O) groups excluding carboxylic acids is 1. The first-order chi connectivity index (χ1) is 7.16. The van der Waals surface area contributed by atoms with Gasteiger partial charge in [0.2, 0.25) is 0 Å². The van der Waals surface area contributed by atoms with Gasteiger partial charge in [-0.1, -0.05) is 30.9 Å². The van der Waals surface area contributed by atoms with Crippen LogP contribution in [0.25, 0.3) is 0 Å². The molecule has 5 heteroatoms. The van der Waals surface area contributed by atoms with Crippen LogP contribution in [-0.4, -0.2) is 30.3 Å². The summed E-state index contributed by atoms with van der Waals surface area (Å²) in [5.74, 6) is -1.02. The van der Waals surface area contributed by atoms with E-state index in [0.29, 0.717) is 0 Å². The highest BCUT2D eigenvalue weighted by Gasteiger charge is 1.95. The van der Waals surface area contributed by atoms with Gasteiger partial charge in [-0.05, 0) is 0 Å². The van der Waals surface area contributed by atoms with Crippen molar-refractivity contribution < 1.29 is 19.4 Å². The molecule has 0 radical (unpaired) electrons. The zero-order valence-corrected chi connectivity index (χ0v) is 8.18. The van der Waals surface area contributed by atoms with Crippen LogP contribution < -0.4 is 5.32 Å². The van der Waals surface area contributed by atoms with Crippen LogP contribution in [0.1, 0.15) is 0 Å². The predicted molar refractivity (Wildman–Crippen MR) is 55.5 cm³/mol. The molecule has 0 aromatic heterocycles. The quantitative estimate of drug-likeness (QED) is 0.392. The standard InChI is InChI=1S/C10H13NO4/c1-2-8-15-10(14)11-7-5-3-4-6-9(12)13/h2-6H,1,7-8H2,(H,11,14)(H,12,13)/b5-3+,6-4+. The Morgan fingerprint density at radius 2 is 2.13 bits per heavy atom. The number of hydrogen-bond donors (Lipinski definition) is 2. The Balaban J connectivity index is 3.56. The van der Waals surface area contributed by atoms with Gasteiger partial charge in [0.1, 0.15) is 6.61 Å². The van der Waals surface area contributed by atoms with E-state index in [4.69, 9.17) is 5.11 Å². The highest BCUT2D eigenvalue weighted by Crippen LogP contribution is 1.80. The molecule has 0 heterocycles. The maximum Gasteiger partial charge on any atom is 0.407 e. The lowest BCUT2D eigenvalue weighted by molar-refractivity contribution is -0.131. The molecule has 0 aliphatic rings. The van der Waals surface area contributed by atoms with E-state index >= 15 is 0 Å². The van der Waals surface area contributed by atoms with Crippen molar-refractivity contribution in [3.63, 3.8) is 0 Å². The summed E-state index contributed by atoms with van der Waals surface area (Å²) in [7, 11) is 0. The van der Waals surface area contributed by atoms with E-state index in [0.717, 1.165) is 6.08 Å². The number of carboxylic acids is 1. The van der Waals surface area contributed by atoms with Crippen LogP contribution in [-0.2, 0) is 9.53 Å². The topological polar surface area (TPSA) is 75.6 Å². The van der Waals surface area contributed by atoms with Gasteiger partial charge >= 0.3 is 12.1 Å². The number of rotatable bonds is 6. The van der Waals surface area contributed by atoms with Crippen molar-refractivity contribution in [2.45, 2.75) is 0 Å². The number of aliphatic carboxylic acids is 1. The number of carboxylic acid groups (broad SMARTS) is 1. The molecule has 0 unspecified atom stereocenters. The Kier molecular flexibility index (Phi) is 7.39. The molecule has 2 N–H and O–H groups in total. The first-order valence-corrected chi connectivity index (χ1v) is 4.24. The Hall–Kier alpha value is -2.04. The number of alkyl carbamates (subject to hydrolysis) is 1. The molecule has 0 saturated heterocycles. The number of hydrogen-bond acceptors (Lipinski definition) is 3. The third kappa shape index (κ3) is 9.88. The molecule has 82 valence electrons. The summed E-state index contributed by atoms with van der Waals surface area (Å²) in [6.07, 6.45) is 6.38. The van der Waals surface area contributed by atoms with E-state index in [-0.39, 0.29) is 13.2 Å². The molecule has 0 rings (SSSR count). The van der Waals surface area contributed by atoms with Gasteiger partial charge in [-0.3, -0.25) is 0 Å². The Bertz CT molecular complexity index is 281. The molecule has 0 spiro atoms. The molecule has 0 aliphatic carbocycles. The summed E-state index contributed by atoms with van der Waals surface area (Å²) < 4.78 is 4.62. The lowest BCUT2D eigenvalue weighted by atomic mass is 10.4. The molecule has 0 bridgehead atoms. The van der Waals surface area contributed by atoms with Gasteiger partial charge in [0.25, 0.3) is 0 Å². The van der Waals surface area contributed by atoms with Crippen LogP contribution in [0.5, 0.6) is 0 Å². The molecule has 0 saturated carbocycles. The van der Waals surface area contributed by atoms with E-state index < -0.39 is 12.1 Å². The minimum absolute atomic E-state index is 0.161. The van der Waals surface area contributed by atoms with Crippen molar-refractivity contribution in [2.24, 2.45) is 0 Å². The lowest BCUT2D eigenvalue weighted by Gasteiger charge is -2.00. The lowest BCUT2D eigenvalue weighted by Crippen LogP contribution is -2.24. The summed E-state index contributed by atoms with van der Waals surface area (Å²) in [5, 5.41) is 10.7. The summed E-state index contributed by atoms with van der Waals surface area (Å²) in [6, 6.07) is 0. The van der Waals surface area contributed by atoms with E-state index in [2.05, 4.69) is 16.6 Å². The van der Waals surface area contributed by atoms with Gasteiger partial charge < -0.3 is 15.2 Å². The zero-order chi connectivity index (χ0) is 11.5. The maximum absolute atomic E-state index is 10.8. The molecule has 0 aromatic carbocycles. The fraction of sp³-hybridized carbons (Fsp3) is 0.200. The van der Waals surface area contributed by atoms with Gasteiger partial charge in [-0.2, -0.15) is 0 Å². The summed E-state index contributed by atoms with van der Waals surface area (Å²) in [6.45, 7) is 3.83. The number of nitrogens with one attached hydrogen (secondary N) is 1. The molecule has 0 aromatic rings. The molecule has 1 amide bonds. The average molecular weight is 211 g/mol. The SMILES string of the molecule is C=CCOC(=O)NC/C=C/C=C/C(=O)O. The van der Waals surface area contributed by atoms with Crippen molar-refractivity contribution in [3.05, 3.63) is 37.0 Å². The van der Waals surface area contributed by atoms with Crippen molar-refractivity contribution in [1.82, 2.24) is 5.32 Å². The monoisotopic (exact) mass is 211 g/mol. The molecule has 0 aliphatic heterocycles. The summed E-state index contributed by atoms with van der Waals surface area (Å²) in [5.41, 5.74) is 0. The maximum atomic E-state index is 10.8. The van der Waals surface area contributed by atoms with E-state index in [1.807, 2.05) is 0 Å². The van der Waals surface area contributed by atoms with E-state index in [9.17, 15) is 9.59 Å². The highest BCUT2D eigenvalue weighted by atomic mass is 16.5. The first kappa shape index (κ1) is 13.0. The van der Waals surface area contributed by atoms with Crippen LogP contribution >= 0.6 is 0 Å². The van der Waals surface area contributed by atoms with Crippen LogP contribution in [0, 0.1) is 0 Å². The van der Waals surface area contributed by atoms with E-state index in [1.54, 1.807) is 6.08 Å². The van der Waals surface area contributed by atoms with Crippen LogP contribution in [0.3, 0.4) is 0 Å². The number of allylic oxidation sites excluding steroid dienone is 2. The summed E-state index contributed by atoms with van der Waals surface area (Å²) in [4.78, 5) is 20.9. The fourth-order valence-electron chi connectivity index (χ4n) is 0.612. The van der Waals surface area contributed by atoms with E-state index in [1.165, 1.54) is 18.2 Å². The fourth-order valence-corrected chi connectivity index (χ4v) is 0.612. The number of ether oxygens (including phenoxy) is 1. The Morgan fingerprint density at radius 3 is 2.73 bits per heavy atom. The highest BCUT2D eigenvalue weighted by molar-refractivity contribution is 5.80. The van der Waals surface area contributed by atoms with Gasteiger partial charge in [-0.15, -0.1) is 0 Å². The van der Waals surface area contributed by atoms with Crippen LogP contribution in [0.2, 0.25) is 0 Å². The predicted octanol–water partition coefficient (Wildman–Crippen LogP) is 1.10. The smallest absolute Gasteiger partial charge is 0.407 e. The largest absolute Gasteiger partial charge is 0.478 e. The Labute approximate surface area is 87.7 Å². The zero-order valence-electron chi connectivity index (χ0n) is 8.18. The molecule has 5 nitrogen and oxygen atoms in total. The number of amides is 1. The third-order valence-electron chi connectivity index (χ3n) is 1.18. The number of carbonyl (C=O) groups is 2. The van der Waals surface area contributed by atoms with Crippen molar-refractivity contribution in [1.29, 1.82) is 0 Å². The second kappa shape index (κ2) is 8.55. The minimum Gasteiger partial charge on any atom is -0.478 e. The molecule has 0 atom stereocenters. The van der Waals surface area contributed by atoms with Gasteiger partial charge in [-0.25, -0.2) is 9.59 Å². The van der Waals surface area contributed by atoms with Crippen LogP contribution in [0.15, 0.2) is 37.0 Å². The normalized spacial score (nSPS) is 10.4. The van der Waals surface area contributed by atoms with Crippen molar-refractivity contribution in [2.75, 3.05) is 13.2 Å². The second-order valence-electron chi connectivity index (χ2n) is 2.39. The van der Waals surface area contributed by atoms with Crippen LogP contribution in [0.4, 0.5) is 4.79 Å². The molecule has 0 fully saturated rings. The van der Waals surface area contributed by atoms with Gasteiger partial charge in [0, 0.05) is 12.6 Å². The Morgan fingerprint density at radius 1 is 1.40 bits per heavy atom.